The number of fused-ring (bicyclic) bond motifs is 1. The van der Waals surface area contributed by atoms with Gasteiger partial charge in [0, 0.05) is 0 Å². The molecule has 0 saturated heterocycles. The molecular weight excluding hydrogens is 225 g/mol. The van der Waals surface area contributed by atoms with Crippen LogP contribution in [0, 0.1) is 0 Å². The van der Waals surface area contributed by atoms with Gasteiger partial charge in [-0.15, -0.1) is 11.3 Å². The predicted octanol–water partition coefficient (Wildman–Crippen LogP) is 2.99. The van der Waals surface area contributed by atoms with Gasteiger partial charge in [-0.3, -0.25) is 0 Å². The van der Waals surface area contributed by atoms with E-state index in [2.05, 4.69) is 15.3 Å². The number of hydrogen-bond donors (Lipinski definition) is 1. The molecule has 1 N–H and O–H groups in total. The Labute approximate surface area is 96.7 Å². The second kappa shape index (κ2) is 3.97. The minimum Gasteiger partial charge on any atom is -0.363 e. The molecule has 0 aromatic carbocycles. The Kier molecular flexibility index (Phi) is 2.47. The van der Waals surface area contributed by atoms with Crippen molar-refractivity contribution in [3.8, 4) is 0 Å². The van der Waals surface area contributed by atoms with Crippen LogP contribution in [-0.4, -0.2) is 22.2 Å². The molecule has 2 heterocycles. The van der Waals surface area contributed by atoms with Gasteiger partial charge in [0.25, 0.3) is 0 Å². The van der Waals surface area contributed by atoms with Gasteiger partial charge in [0.05, 0.1) is 16.3 Å². The summed E-state index contributed by atoms with van der Waals surface area (Å²) in [6, 6.07) is 1.87. The van der Waals surface area contributed by atoms with E-state index in [-0.39, 0.29) is 6.04 Å². The van der Waals surface area contributed by atoms with Crippen LogP contribution in [-0.2, 0) is 0 Å². The van der Waals surface area contributed by atoms with E-state index < -0.39 is 6.17 Å². The lowest BCUT2D eigenvalue weighted by atomic mass is 10.2. The van der Waals surface area contributed by atoms with E-state index >= 15 is 0 Å². The van der Waals surface area contributed by atoms with Crippen molar-refractivity contribution >= 4 is 27.4 Å². The SMILES string of the molecule is F[C@@H]1CCC[C@H]1Nc1ncnc2ccsc12. The Morgan fingerprint density at radius 2 is 2.31 bits per heavy atom. The summed E-state index contributed by atoms with van der Waals surface area (Å²) in [4.78, 5) is 8.36. The third kappa shape index (κ3) is 1.65. The van der Waals surface area contributed by atoms with Crippen molar-refractivity contribution in [3.05, 3.63) is 17.8 Å². The highest BCUT2D eigenvalue weighted by molar-refractivity contribution is 7.17. The van der Waals surface area contributed by atoms with Gasteiger partial charge in [0.15, 0.2) is 0 Å². The summed E-state index contributed by atoms with van der Waals surface area (Å²) in [5.74, 6) is 0.773. The summed E-state index contributed by atoms with van der Waals surface area (Å²) in [7, 11) is 0. The molecule has 1 aliphatic carbocycles. The number of rotatable bonds is 2. The monoisotopic (exact) mass is 237 g/mol. The molecule has 2 atom stereocenters. The van der Waals surface area contributed by atoms with Crippen LogP contribution < -0.4 is 5.32 Å². The Morgan fingerprint density at radius 1 is 1.38 bits per heavy atom. The Hall–Kier alpha value is -1.23. The van der Waals surface area contributed by atoms with Crippen molar-refractivity contribution < 1.29 is 4.39 Å². The topological polar surface area (TPSA) is 37.8 Å². The number of hydrogen-bond acceptors (Lipinski definition) is 4. The third-order valence-corrected chi connectivity index (χ3v) is 3.91. The molecular formula is C11H12FN3S. The molecule has 2 aromatic heterocycles. The van der Waals surface area contributed by atoms with Crippen molar-refractivity contribution in [2.75, 3.05) is 5.32 Å². The minimum absolute atomic E-state index is 0.0831. The van der Waals surface area contributed by atoms with E-state index in [4.69, 9.17) is 0 Å². The van der Waals surface area contributed by atoms with Crippen molar-refractivity contribution in [2.24, 2.45) is 0 Å². The number of thiophene rings is 1. The number of nitrogens with zero attached hydrogens (tertiary/aromatic N) is 2. The molecule has 3 rings (SSSR count). The number of anilines is 1. The Bertz CT molecular complexity index is 499. The van der Waals surface area contributed by atoms with Crippen molar-refractivity contribution in [2.45, 2.75) is 31.5 Å². The molecule has 0 bridgehead atoms. The number of nitrogens with one attached hydrogen (secondary N) is 1. The average molecular weight is 237 g/mol. The van der Waals surface area contributed by atoms with Crippen molar-refractivity contribution in [1.29, 1.82) is 0 Å². The molecule has 2 aromatic rings. The maximum absolute atomic E-state index is 13.5. The van der Waals surface area contributed by atoms with E-state index in [9.17, 15) is 4.39 Å². The summed E-state index contributed by atoms with van der Waals surface area (Å²) in [5, 5.41) is 5.18. The molecule has 1 saturated carbocycles. The summed E-state index contributed by atoms with van der Waals surface area (Å²) in [6.45, 7) is 0. The fourth-order valence-electron chi connectivity index (χ4n) is 2.14. The Balaban J connectivity index is 1.91. The molecule has 0 aliphatic heterocycles. The molecule has 3 nitrogen and oxygen atoms in total. The van der Waals surface area contributed by atoms with Crippen molar-refractivity contribution in [1.82, 2.24) is 9.97 Å². The van der Waals surface area contributed by atoms with Gasteiger partial charge in [0.2, 0.25) is 0 Å². The molecule has 0 amide bonds. The molecule has 0 unspecified atom stereocenters. The normalized spacial score (nSPS) is 25.1. The lowest BCUT2D eigenvalue weighted by Gasteiger charge is -2.15. The highest BCUT2D eigenvalue weighted by Gasteiger charge is 2.27. The van der Waals surface area contributed by atoms with E-state index in [0.717, 1.165) is 28.9 Å². The first-order chi connectivity index (χ1) is 7.84. The first-order valence-electron chi connectivity index (χ1n) is 5.43. The molecule has 84 valence electrons. The highest BCUT2D eigenvalue weighted by Crippen LogP contribution is 2.29. The third-order valence-electron chi connectivity index (χ3n) is 3.00. The van der Waals surface area contributed by atoms with Crippen LogP contribution in [0.1, 0.15) is 19.3 Å². The van der Waals surface area contributed by atoms with Crippen LogP contribution >= 0.6 is 11.3 Å². The first kappa shape index (κ1) is 9.96. The zero-order valence-electron chi connectivity index (χ0n) is 8.69. The first-order valence-corrected chi connectivity index (χ1v) is 6.31. The molecule has 16 heavy (non-hydrogen) atoms. The minimum atomic E-state index is -0.745. The highest BCUT2D eigenvalue weighted by atomic mass is 32.1. The number of halogens is 1. The van der Waals surface area contributed by atoms with Gasteiger partial charge < -0.3 is 5.32 Å². The maximum atomic E-state index is 13.5. The molecule has 1 aliphatic rings. The zero-order chi connectivity index (χ0) is 11.0. The van der Waals surface area contributed by atoms with Gasteiger partial charge in [0.1, 0.15) is 18.3 Å². The summed E-state index contributed by atoms with van der Waals surface area (Å²) >= 11 is 1.59. The van der Waals surface area contributed by atoms with Crippen LogP contribution in [0.4, 0.5) is 10.2 Å². The van der Waals surface area contributed by atoms with Crippen LogP contribution in [0.25, 0.3) is 10.2 Å². The second-order valence-electron chi connectivity index (χ2n) is 4.05. The lowest BCUT2D eigenvalue weighted by Crippen LogP contribution is -2.25. The zero-order valence-corrected chi connectivity index (χ0v) is 9.51. The smallest absolute Gasteiger partial charge is 0.147 e. The van der Waals surface area contributed by atoms with Gasteiger partial charge in [-0.2, -0.15) is 0 Å². The Morgan fingerprint density at radius 3 is 3.12 bits per heavy atom. The van der Waals surface area contributed by atoms with Gasteiger partial charge >= 0.3 is 0 Å². The standard InChI is InChI=1S/C11H12FN3S/c12-7-2-1-3-8(7)15-11-10-9(4-5-16-10)13-6-14-11/h4-8H,1-3H2,(H,13,14,15)/t7-,8-/m1/s1. The summed E-state index contributed by atoms with van der Waals surface area (Å²) < 4.78 is 14.5. The summed E-state index contributed by atoms with van der Waals surface area (Å²) in [6.07, 6.45) is 3.29. The van der Waals surface area contributed by atoms with E-state index in [1.165, 1.54) is 6.33 Å². The van der Waals surface area contributed by atoms with Crippen LogP contribution in [0.3, 0.4) is 0 Å². The molecule has 1 fully saturated rings. The molecule has 5 heteroatoms. The van der Waals surface area contributed by atoms with Crippen molar-refractivity contribution in [3.63, 3.8) is 0 Å². The lowest BCUT2D eigenvalue weighted by molar-refractivity contribution is 0.323. The number of aromatic nitrogens is 2. The fourth-order valence-corrected chi connectivity index (χ4v) is 2.94. The quantitative estimate of drug-likeness (QED) is 0.872. The maximum Gasteiger partial charge on any atom is 0.147 e. The fraction of sp³-hybridized carbons (Fsp3) is 0.455. The van der Waals surface area contributed by atoms with Gasteiger partial charge in [-0.25, -0.2) is 14.4 Å². The van der Waals surface area contributed by atoms with Gasteiger partial charge in [-0.1, -0.05) is 0 Å². The number of alkyl halides is 1. The van der Waals surface area contributed by atoms with E-state index in [1.807, 2.05) is 11.4 Å². The van der Waals surface area contributed by atoms with Crippen LogP contribution in [0.2, 0.25) is 0 Å². The average Bonchev–Trinajstić information content (AvgIpc) is 2.89. The van der Waals surface area contributed by atoms with E-state index in [1.54, 1.807) is 11.3 Å². The second-order valence-corrected chi connectivity index (χ2v) is 4.97. The molecule has 0 radical (unpaired) electrons. The predicted molar refractivity (Wildman–Crippen MR) is 63.6 cm³/mol. The van der Waals surface area contributed by atoms with Gasteiger partial charge in [-0.05, 0) is 30.7 Å². The van der Waals surface area contributed by atoms with E-state index in [0.29, 0.717) is 6.42 Å². The largest absolute Gasteiger partial charge is 0.363 e. The van der Waals surface area contributed by atoms with Crippen LogP contribution in [0.15, 0.2) is 17.8 Å². The van der Waals surface area contributed by atoms with Crippen LogP contribution in [0.5, 0.6) is 0 Å². The summed E-state index contributed by atoms with van der Waals surface area (Å²) in [5.41, 5.74) is 0.927. The molecule has 0 spiro atoms.